The molecular formula is C22H28N4O2. The van der Waals surface area contributed by atoms with E-state index in [-0.39, 0.29) is 17.9 Å². The predicted molar refractivity (Wildman–Crippen MR) is 109 cm³/mol. The summed E-state index contributed by atoms with van der Waals surface area (Å²) in [6, 6.07) is 9.93. The summed E-state index contributed by atoms with van der Waals surface area (Å²) in [6.45, 7) is 3.02. The van der Waals surface area contributed by atoms with Crippen LogP contribution in [0.4, 0.5) is 0 Å². The number of H-pyrrole nitrogens is 1. The molecule has 2 unspecified atom stereocenters. The molecule has 3 heterocycles. The van der Waals surface area contributed by atoms with Crippen molar-refractivity contribution >= 4 is 11.8 Å². The van der Waals surface area contributed by atoms with Gasteiger partial charge in [0.25, 0.3) is 5.91 Å². The van der Waals surface area contributed by atoms with Gasteiger partial charge in [0.2, 0.25) is 5.91 Å². The van der Waals surface area contributed by atoms with Crippen LogP contribution in [-0.4, -0.2) is 53.9 Å². The Labute approximate surface area is 165 Å². The van der Waals surface area contributed by atoms with Crippen molar-refractivity contribution in [3.05, 3.63) is 48.3 Å². The molecule has 3 N–H and O–H groups in total. The maximum atomic E-state index is 13.2. The summed E-state index contributed by atoms with van der Waals surface area (Å²) in [5, 5.41) is 6.31. The quantitative estimate of drug-likeness (QED) is 0.745. The first-order valence-electron chi connectivity index (χ1n) is 10.2. The van der Waals surface area contributed by atoms with Crippen molar-refractivity contribution in [3.8, 4) is 11.1 Å². The first-order chi connectivity index (χ1) is 13.7. The largest absolute Gasteiger partial charge is 0.366 e. The van der Waals surface area contributed by atoms with Gasteiger partial charge in [-0.05, 0) is 43.7 Å². The number of hydrogen-bond acceptors (Lipinski definition) is 3. The van der Waals surface area contributed by atoms with Crippen molar-refractivity contribution in [2.45, 2.75) is 31.7 Å². The summed E-state index contributed by atoms with van der Waals surface area (Å²) in [4.78, 5) is 30.4. The maximum absolute atomic E-state index is 13.2. The average Bonchev–Trinajstić information content (AvgIpc) is 3.44. The third kappa shape index (κ3) is 4.12. The monoisotopic (exact) mass is 380 g/mol. The van der Waals surface area contributed by atoms with Gasteiger partial charge < -0.3 is 20.5 Å². The topological polar surface area (TPSA) is 77.2 Å². The summed E-state index contributed by atoms with van der Waals surface area (Å²) < 4.78 is 0. The first-order valence-corrected chi connectivity index (χ1v) is 10.2. The summed E-state index contributed by atoms with van der Waals surface area (Å²) >= 11 is 0. The van der Waals surface area contributed by atoms with Gasteiger partial charge in [-0.2, -0.15) is 0 Å². The van der Waals surface area contributed by atoms with E-state index >= 15 is 0 Å². The third-order valence-corrected chi connectivity index (χ3v) is 5.81. The van der Waals surface area contributed by atoms with E-state index in [2.05, 4.69) is 15.6 Å². The normalized spacial score (nSPS) is 22.2. The van der Waals surface area contributed by atoms with E-state index in [0.29, 0.717) is 24.6 Å². The standard InChI is InChI=1S/C22H28N4O2/c27-21(20-9-4-10-24-20)25-12-16-6-5-11-26(15-16)22(28)19-14-23-13-18(19)17-7-2-1-3-8-17/h1-3,7-8,13-14,16,20,23-24H,4-6,9-12,15H2,(H,25,27). The SMILES string of the molecule is O=C(NCC1CCCN(C(=O)c2c[nH]cc2-c2ccccc2)C1)C1CCCN1. The zero-order valence-electron chi connectivity index (χ0n) is 16.1. The molecule has 0 saturated carbocycles. The number of carbonyl (C=O) groups excluding carboxylic acids is 2. The molecule has 2 fully saturated rings. The van der Waals surface area contributed by atoms with Crippen molar-refractivity contribution in [3.63, 3.8) is 0 Å². The van der Waals surface area contributed by atoms with E-state index in [0.717, 1.165) is 49.9 Å². The first kappa shape index (κ1) is 18.7. The van der Waals surface area contributed by atoms with Crippen molar-refractivity contribution in [1.29, 1.82) is 0 Å². The van der Waals surface area contributed by atoms with Crippen molar-refractivity contribution in [2.75, 3.05) is 26.2 Å². The van der Waals surface area contributed by atoms with E-state index in [4.69, 9.17) is 0 Å². The van der Waals surface area contributed by atoms with Crippen LogP contribution in [0.1, 0.15) is 36.0 Å². The molecule has 1 aromatic carbocycles. The van der Waals surface area contributed by atoms with Crippen LogP contribution in [0.2, 0.25) is 0 Å². The van der Waals surface area contributed by atoms with Crippen molar-refractivity contribution < 1.29 is 9.59 Å². The highest BCUT2D eigenvalue weighted by molar-refractivity contribution is 6.00. The van der Waals surface area contributed by atoms with Crippen LogP contribution >= 0.6 is 0 Å². The van der Waals surface area contributed by atoms with Gasteiger partial charge >= 0.3 is 0 Å². The van der Waals surface area contributed by atoms with Crippen LogP contribution in [0, 0.1) is 5.92 Å². The van der Waals surface area contributed by atoms with Crippen LogP contribution in [0.3, 0.4) is 0 Å². The van der Waals surface area contributed by atoms with Crippen LogP contribution < -0.4 is 10.6 Å². The number of benzene rings is 1. The smallest absolute Gasteiger partial charge is 0.256 e. The maximum Gasteiger partial charge on any atom is 0.256 e. The van der Waals surface area contributed by atoms with Gasteiger partial charge in [0, 0.05) is 37.6 Å². The number of piperidine rings is 1. The van der Waals surface area contributed by atoms with Crippen molar-refractivity contribution in [1.82, 2.24) is 20.5 Å². The van der Waals surface area contributed by atoms with E-state index in [1.807, 2.05) is 41.4 Å². The molecule has 6 heteroatoms. The average molecular weight is 380 g/mol. The zero-order valence-corrected chi connectivity index (χ0v) is 16.1. The second kappa shape index (κ2) is 8.61. The number of amides is 2. The van der Waals surface area contributed by atoms with E-state index < -0.39 is 0 Å². The number of rotatable bonds is 5. The lowest BCUT2D eigenvalue weighted by Gasteiger charge is -2.33. The Hall–Kier alpha value is -2.60. The van der Waals surface area contributed by atoms with Crippen molar-refractivity contribution in [2.24, 2.45) is 5.92 Å². The molecule has 148 valence electrons. The lowest BCUT2D eigenvalue weighted by molar-refractivity contribution is -0.123. The molecule has 0 spiro atoms. The molecule has 1 aromatic heterocycles. The zero-order chi connectivity index (χ0) is 19.3. The number of nitrogens with zero attached hydrogens (tertiary/aromatic N) is 1. The lowest BCUT2D eigenvalue weighted by Crippen LogP contribution is -2.46. The molecule has 2 aliphatic rings. The fourth-order valence-corrected chi connectivity index (χ4v) is 4.26. The Bertz CT molecular complexity index is 811. The second-order valence-corrected chi connectivity index (χ2v) is 7.80. The van der Waals surface area contributed by atoms with E-state index in [9.17, 15) is 9.59 Å². The number of likely N-dealkylation sites (tertiary alicyclic amines) is 1. The Morgan fingerprint density at radius 3 is 2.75 bits per heavy atom. The number of hydrogen-bond donors (Lipinski definition) is 3. The highest BCUT2D eigenvalue weighted by Crippen LogP contribution is 2.26. The number of nitrogens with one attached hydrogen (secondary N) is 3. The molecule has 0 bridgehead atoms. The summed E-state index contributed by atoms with van der Waals surface area (Å²) in [5.41, 5.74) is 2.69. The molecule has 0 aliphatic carbocycles. The van der Waals surface area contributed by atoms with Gasteiger partial charge in [0.15, 0.2) is 0 Å². The van der Waals surface area contributed by atoms with Gasteiger partial charge in [-0.15, -0.1) is 0 Å². The van der Waals surface area contributed by atoms with Gasteiger partial charge in [-0.25, -0.2) is 0 Å². The molecule has 2 aromatic rings. The Morgan fingerprint density at radius 2 is 1.96 bits per heavy atom. The fourth-order valence-electron chi connectivity index (χ4n) is 4.26. The molecule has 2 atom stereocenters. The number of aromatic nitrogens is 1. The third-order valence-electron chi connectivity index (χ3n) is 5.81. The highest BCUT2D eigenvalue weighted by atomic mass is 16.2. The highest BCUT2D eigenvalue weighted by Gasteiger charge is 2.28. The van der Waals surface area contributed by atoms with Gasteiger partial charge in [-0.1, -0.05) is 30.3 Å². The van der Waals surface area contributed by atoms with Gasteiger partial charge in [-0.3, -0.25) is 9.59 Å². The summed E-state index contributed by atoms with van der Waals surface area (Å²) in [6.07, 6.45) is 7.67. The summed E-state index contributed by atoms with van der Waals surface area (Å²) in [5.74, 6) is 0.466. The molecule has 0 radical (unpaired) electrons. The number of carbonyl (C=O) groups is 2. The van der Waals surface area contributed by atoms with Crippen LogP contribution in [-0.2, 0) is 4.79 Å². The molecule has 2 saturated heterocycles. The molecule has 2 amide bonds. The molecule has 4 rings (SSSR count). The predicted octanol–water partition coefficient (Wildman–Crippen LogP) is 2.40. The molecule has 6 nitrogen and oxygen atoms in total. The van der Waals surface area contributed by atoms with Crippen LogP contribution in [0.5, 0.6) is 0 Å². The molecular weight excluding hydrogens is 352 g/mol. The van der Waals surface area contributed by atoms with E-state index in [1.165, 1.54) is 0 Å². The minimum atomic E-state index is -0.0467. The van der Waals surface area contributed by atoms with Crippen LogP contribution in [0.15, 0.2) is 42.7 Å². The van der Waals surface area contributed by atoms with E-state index in [1.54, 1.807) is 6.20 Å². The second-order valence-electron chi connectivity index (χ2n) is 7.80. The molecule has 28 heavy (non-hydrogen) atoms. The minimum absolute atomic E-state index is 0.0467. The van der Waals surface area contributed by atoms with Gasteiger partial charge in [0.1, 0.15) is 0 Å². The fraction of sp³-hybridized carbons (Fsp3) is 0.455. The Kier molecular flexibility index (Phi) is 5.76. The number of aromatic amines is 1. The molecule has 2 aliphatic heterocycles. The Balaban J connectivity index is 1.37. The Morgan fingerprint density at radius 1 is 1.11 bits per heavy atom. The van der Waals surface area contributed by atoms with Gasteiger partial charge in [0.05, 0.1) is 11.6 Å². The minimum Gasteiger partial charge on any atom is -0.366 e. The summed E-state index contributed by atoms with van der Waals surface area (Å²) in [7, 11) is 0. The van der Waals surface area contributed by atoms with Crippen LogP contribution in [0.25, 0.3) is 11.1 Å². The lowest BCUT2D eigenvalue weighted by atomic mass is 9.96.